The van der Waals surface area contributed by atoms with E-state index in [1.54, 1.807) is 13.2 Å². The van der Waals surface area contributed by atoms with Crippen molar-refractivity contribution in [2.24, 2.45) is 0 Å². The summed E-state index contributed by atoms with van der Waals surface area (Å²) in [5.41, 5.74) is 1.76. The van der Waals surface area contributed by atoms with Crippen LogP contribution in [-0.4, -0.2) is 36.8 Å². The van der Waals surface area contributed by atoms with Gasteiger partial charge < -0.3 is 10.1 Å². The lowest BCUT2D eigenvalue weighted by atomic mass is 10.0. The zero-order chi connectivity index (χ0) is 18.1. The number of ether oxygens (including phenoxy) is 1. The molecule has 1 heterocycles. The Labute approximate surface area is 145 Å². The number of rotatable bonds is 4. The van der Waals surface area contributed by atoms with Crippen LogP contribution >= 0.6 is 0 Å². The monoisotopic (exact) mass is 338 g/mol. The third-order valence-corrected chi connectivity index (χ3v) is 4.30. The van der Waals surface area contributed by atoms with Crippen molar-refractivity contribution in [3.8, 4) is 5.75 Å². The van der Waals surface area contributed by atoms with Crippen LogP contribution in [0.25, 0.3) is 0 Å². The Kier molecular flexibility index (Phi) is 4.27. The number of carbonyl (C=O) groups excluding carboxylic acids is 3. The number of carbonyl (C=O) groups is 3. The molecule has 1 aliphatic heterocycles. The van der Waals surface area contributed by atoms with Crippen LogP contribution in [0.15, 0.2) is 42.5 Å². The minimum atomic E-state index is -0.396. The number of para-hydroxylation sites is 1. The van der Waals surface area contributed by atoms with Gasteiger partial charge >= 0.3 is 0 Å². The Morgan fingerprint density at radius 1 is 1.08 bits per heavy atom. The van der Waals surface area contributed by atoms with E-state index in [1.807, 2.05) is 31.2 Å². The fourth-order valence-corrected chi connectivity index (χ4v) is 2.88. The second-order valence-electron chi connectivity index (χ2n) is 5.87. The first-order valence-electron chi connectivity index (χ1n) is 7.84. The number of nitrogens with zero attached hydrogens (tertiary/aromatic N) is 1. The molecule has 0 spiro atoms. The van der Waals surface area contributed by atoms with Gasteiger partial charge in [0.15, 0.2) is 0 Å². The van der Waals surface area contributed by atoms with Crippen molar-refractivity contribution in [1.29, 1.82) is 0 Å². The van der Waals surface area contributed by atoms with Gasteiger partial charge in [0.25, 0.3) is 17.7 Å². The number of amides is 3. The molecule has 1 atom stereocenters. The maximum Gasteiger partial charge on any atom is 0.261 e. The topological polar surface area (TPSA) is 75.7 Å². The predicted molar refractivity (Wildman–Crippen MR) is 91.7 cm³/mol. The van der Waals surface area contributed by atoms with E-state index >= 15 is 0 Å². The molecule has 0 bridgehead atoms. The molecule has 0 saturated carbocycles. The van der Waals surface area contributed by atoms with E-state index < -0.39 is 5.91 Å². The Hall–Kier alpha value is -3.15. The molecule has 2 aromatic carbocycles. The molecule has 1 aliphatic rings. The lowest BCUT2D eigenvalue weighted by molar-refractivity contribution is 0.0693. The molecule has 128 valence electrons. The van der Waals surface area contributed by atoms with Gasteiger partial charge in [-0.25, -0.2) is 0 Å². The Balaban J connectivity index is 1.83. The Morgan fingerprint density at radius 2 is 1.76 bits per heavy atom. The molecule has 3 amide bonds. The number of nitrogens with one attached hydrogen (secondary N) is 1. The van der Waals surface area contributed by atoms with Crippen molar-refractivity contribution >= 4 is 17.7 Å². The lowest BCUT2D eigenvalue weighted by Gasteiger charge is -2.17. The number of fused-ring (bicyclic) bond motifs is 1. The Morgan fingerprint density at radius 3 is 2.48 bits per heavy atom. The number of imide groups is 1. The normalized spacial score (nSPS) is 14.3. The zero-order valence-electron chi connectivity index (χ0n) is 14.2. The summed E-state index contributed by atoms with van der Waals surface area (Å²) >= 11 is 0. The maximum atomic E-state index is 12.5. The van der Waals surface area contributed by atoms with Crippen molar-refractivity contribution < 1.29 is 19.1 Å². The molecule has 6 heteroatoms. The maximum absolute atomic E-state index is 12.5. The van der Waals surface area contributed by atoms with Gasteiger partial charge in [0.1, 0.15) is 5.75 Å². The van der Waals surface area contributed by atoms with Gasteiger partial charge in [-0.3, -0.25) is 19.3 Å². The van der Waals surface area contributed by atoms with E-state index in [1.165, 1.54) is 19.2 Å². The third-order valence-electron chi connectivity index (χ3n) is 4.30. The summed E-state index contributed by atoms with van der Waals surface area (Å²) in [6.45, 7) is 1.85. The second-order valence-corrected chi connectivity index (χ2v) is 5.87. The van der Waals surface area contributed by atoms with Crippen LogP contribution in [0.2, 0.25) is 0 Å². The SMILES string of the molecule is COc1ccccc1C(C)NC(=O)c1ccc2c(c1)C(=O)N(C)C2=O. The average Bonchev–Trinajstić information content (AvgIpc) is 2.85. The lowest BCUT2D eigenvalue weighted by Crippen LogP contribution is -2.27. The minimum Gasteiger partial charge on any atom is -0.496 e. The molecular weight excluding hydrogens is 320 g/mol. The highest BCUT2D eigenvalue weighted by Gasteiger charge is 2.33. The molecule has 25 heavy (non-hydrogen) atoms. The van der Waals surface area contributed by atoms with Gasteiger partial charge in [0.05, 0.1) is 24.3 Å². The summed E-state index contributed by atoms with van der Waals surface area (Å²) in [5, 5.41) is 2.89. The minimum absolute atomic E-state index is 0.255. The van der Waals surface area contributed by atoms with Gasteiger partial charge in [-0.15, -0.1) is 0 Å². The first kappa shape index (κ1) is 16.7. The van der Waals surface area contributed by atoms with Crippen molar-refractivity contribution in [1.82, 2.24) is 10.2 Å². The summed E-state index contributed by atoms with van der Waals surface area (Å²) < 4.78 is 5.31. The summed E-state index contributed by atoms with van der Waals surface area (Å²) in [7, 11) is 3.00. The second kappa shape index (κ2) is 6.39. The summed E-state index contributed by atoms with van der Waals surface area (Å²) in [6.07, 6.45) is 0. The number of benzene rings is 2. The molecule has 0 aliphatic carbocycles. The summed E-state index contributed by atoms with van der Waals surface area (Å²) in [5.74, 6) is -0.385. The van der Waals surface area contributed by atoms with Gasteiger partial charge in [0.2, 0.25) is 0 Å². The summed E-state index contributed by atoms with van der Waals surface area (Å²) in [4.78, 5) is 37.6. The van der Waals surface area contributed by atoms with Gasteiger partial charge in [-0.1, -0.05) is 18.2 Å². The van der Waals surface area contributed by atoms with E-state index in [0.29, 0.717) is 16.9 Å². The van der Waals surface area contributed by atoms with Crippen LogP contribution in [0.5, 0.6) is 5.75 Å². The molecule has 0 radical (unpaired) electrons. The van der Waals surface area contributed by atoms with E-state index in [2.05, 4.69) is 5.32 Å². The van der Waals surface area contributed by atoms with E-state index in [9.17, 15) is 14.4 Å². The fourth-order valence-electron chi connectivity index (χ4n) is 2.88. The predicted octanol–water partition coefficient (Wildman–Crippen LogP) is 2.41. The largest absolute Gasteiger partial charge is 0.496 e. The first-order chi connectivity index (χ1) is 11.9. The number of hydrogen-bond donors (Lipinski definition) is 1. The number of methoxy groups -OCH3 is 1. The van der Waals surface area contributed by atoms with E-state index in [4.69, 9.17) is 4.74 Å². The smallest absolute Gasteiger partial charge is 0.261 e. The molecule has 0 fully saturated rings. The highest BCUT2D eigenvalue weighted by Crippen LogP contribution is 2.26. The van der Waals surface area contributed by atoms with Crippen molar-refractivity contribution in [3.63, 3.8) is 0 Å². The van der Waals surface area contributed by atoms with Crippen molar-refractivity contribution in [3.05, 3.63) is 64.7 Å². The van der Waals surface area contributed by atoms with Crippen LogP contribution in [0.4, 0.5) is 0 Å². The standard InChI is InChI=1S/C19H18N2O4/c1-11(13-6-4-5-7-16(13)25-3)20-17(22)12-8-9-14-15(10-12)19(24)21(2)18(14)23/h4-11H,1-3H3,(H,20,22). The van der Waals surface area contributed by atoms with Crippen LogP contribution in [0.1, 0.15) is 49.6 Å². The molecule has 3 rings (SSSR count). The van der Waals surface area contributed by atoms with Gasteiger partial charge in [0, 0.05) is 18.2 Å². The average molecular weight is 338 g/mol. The van der Waals surface area contributed by atoms with Gasteiger partial charge in [-0.05, 0) is 31.2 Å². The van der Waals surface area contributed by atoms with Crippen molar-refractivity contribution in [2.75, 3.05) is 14.2 Å². The first-order valence-corrected chi connectivity index (χ1v) is 7.84. The van der Waals surface area contributed by atoms with Crippen LogP contribution in [-0.2, 0) is 0 Å². The third kappa shape index (κ3) is 2.87. The highest BCUT2D eigenvalue weighted by molar-refractivity contribution is 6.21. The van der Waals surface area contributed by atoms with Gasteiger partial charge in [-0.2, -0.15) is 0 Å². The molecular formula is C19H18N2O4. The van der Waals surface area contributed by atoms with Crippen LogP contribution in [0, 0.1) is 0 Å². The molecule has 6 nitrogen and oxygen atoms in total. The van der Waals surface area contributed by atoms with Crippen LogP contribution in [0.3, 0.4) is 0 Å². The molecule has 1 unspecified atom stereocenters. The Bertz CT molecular complexity index is 875. The van der Waals surface area contributed by atoms with Crippen molar-refractivity contribution in [2.45, 2.75) is 13.0 Å². The van der Waals surface area contributed by atoms with Crippen LogP contribution < -0.4 is 10.1 Å². The fraction of sp³-hybridized carbons (Fsp3) is 0.211. The highest BCUT2D eigenvalue weighted by atomic mass is 16.5. The zero-order valence-corrected chi connectivity index (χ0v) is 14.2. The quantitative estimate of drug-likeness (QED) is 0.869. The van der Waals surface area contributed by atoms with E-state index in [-0.39, 0.29) is 23.4 Å². The van der Waals surface area contributed by atoms with E-state index in [0.717, 1.165) is 10.5 Å². The number of hydrogen-bond acceptors (Lipinski definition) is 4. The molecule has 0 aromatic heterocycles. The molecule has 2 aromatic rings. The molecule has 0 saturated heterocycles. The summed E-state index contributed by atoms with van der Waals surface area (Å²) in [6, 6.07) is 11.7. The molecule has 1 N–H and O–H groups in total.